The third-order valence-corrected chi connectivity index (χ3v) is 0.968. The van der Waals surface area contributed by atoms with Crippen LogP contribution in [0.5, 0.6) is 0 Å². The van der Waals surface area contributed by atoms with Gasteiger partial charge in [-0.3, -0.25) is 4.79 Å². The quantitative estimate of drug-likeness (QED) is 0.573. The average Bonchev–Trinajstić information content (AvgIpc) is 1.61. The van der Waals surface area contributed by atoms with Crippen molar-refractivity contribution >= 4 is 17.7 Å². The molecule has 3 heteroatoms. The molecule has 0 aliphatic heterocycles. The van der Waals surface area contributed by atoms with E-state index in [-0.39, 0.29) is 11.3 Å². The van der Waals surface area contributed by atoms with Crippen LogP contribution in [-0.2, 0) is 4.79 Å². The Hall–Kier alpha value is -0.0200. The Balaban J connectivity index is 0. The highest BCUT2D eigenvalue weighted by Gasteiger charge is 1.88. The van der Waals surface area contributed by atoms with Crippen molar-refractivity contribution in [3.8, 4) is 0 Å². The predicted molar refractivity (Wildman–Crippen MR) is 39.5 cm³/mol. The number of unbranched alkanes of at least 4 members (excludes halogenated alkanes) is 1. The summed E-state index contributed by atoms with van der Waals surface area (Å²) in [5.74, 6) is 0. The van der Waals surface area contributed by atoms with Gasteiger partial charge in [-0.25, -0.2) is 0 Å². The maximum Gasteiger partial charge on any atom is 0.185 e. The zero-order chi connectivity index (χ0) is 5.70. The Kier molecular flexibility index (Phi) is 9.49. The van der Waals surface area contributed by atoms with Crippen LogP contribution in [0.3, 0.4) is 0 Å². The van der Waals surface area contributed by atoms with Gasteiger partial charge in [0.25, 0.3) is 0 Å². The molecule has 0 amide bonds. The minimum absolute atomic E-state index is 0. The van der Waals surface area contributed by atoms with Gasteiger partial charge in [0.2, 0.25) is 0 Å². The van der Waals surface area contributed by atoms with Crippen molar-refractivity contribution in [3.63, 3.8) is 0 Å². The van der Waals surface area contributed by atoms with E-state index in [0.29, 0.717) is 6.42 Å². The van der Waals surface area contributed by atoms with Gasteiger partial charge in [0.15, 0.2) is 5.12 Å². The molecule has 0 saturated heterocycles. The molecule has 0 aromatic carbocycles. The largest absolute Gasteiger partial charge is 0.369 e. The van der Waals surface area contributed by atoms with Gasteiger partial charge in [-0.05, 0) is 6.42 Å². The second-order valence-electron chi connectivity index (χ2n) is 1.50. The predicted octanol–water partition coefficient (Wildman–Crippen LogP) is 2.01. The van der Waals surface area contributed by atoms with E-state index in [0.717, 1.165) is 12.8 Å². The highest BCUT2D eigenvalue weighted by molar-refractivity contribution is 7.96. The van der Waals surface area contributed by atoms with Crippen molar-refractivity contribution in [2.75, 3.05) is 0 Å². The van der Waals surface area contributed by atoms with Gasteiger partial charge in [-0.1, -0.05) is 13.3 Å². The van der Waals surface area contributed by atoms with Crippen LogP contribution in [-0.4, -0.2) is 5.12 Å². The summed E-state index contributed by atoms with van der Waals surface area (Å²) in [6, 6.07) is 0. The Bertz CT molecular complexity index is 65.4. The standard InChI is InChI=1S/C5H10OS.H3N/c1-2-3-4-5(6)7;/h2-4H2,1H3,(H,6,7);1H3/p+1. The Labute approximate surface area is 55.7 Å². The normalized spacial score (nSPS) is 7.75. The number of rotatable bonds is 3. The highest BCUT2D eigenvalue weighted by Crippen LogP contribution is 1.95. The minimum Gasteiger partial charge on any atom is -0.369 e. The first kappa shape index (κ1) is 10.9. The van der Waals surface area contributed by atoms with Crippen molar-refractivity contribution in [1.82, 2.24) is 6.15 Å². The van der Waals surface area contributed by atoms with Crippen LogP contribution in [0, 0.1) is 0 Å². The van der Waals surface area contributed by atoms with Gasteiger partial charge in [0, 0.05) is 6.42 Å². The number of carbonyl (C=O) groups is 1. The molecule has 0 aromatic rings. The Morgan fingerprint density at radius 3 is 2.25 bits per heavy atom. The number of hydrogen-bond donors (Lipinski definition) is 2. The van der Waals surface area contributed by atoms with Crippen LogP contribution >= 0.6 is 12.6 Å². The van der Waals surface area contributed by atoms with Crippen LogP contribution in [0.1, 0.15) is 26.2 Å². The van der Waals surface area contributed by atoms with E-state index < -0.39 is 0 Å². The Morgan fingerprint density at radius 2 is 2.12 bits per heavy atom. The van der Waals surface area contributed by atoms with Crippen molar-refractivity contribution in [2.45, 2.75) is 26.2 Å². The maximum atomic E-state index is 10.1. The molecule has 4 N–H and O–H groups in total. The lowest BCUT2D eigenvalue weighted by atomic mass is 10.3. The van der Waals surface area contributed by atoms with Gasteiger partial charge in [0.1, 0.15) is 0 Å². The molecule has 0 radical (unpaired) electrons. The van der Waals surface area contributed by atoms with Gasteiger partial charge in [-0.2, -0.15) is 0 Å². The molecule has 0 fully saturated rings. The van der Waals surface area contributed by atoms with Gasteiger partial charge >= 0.3 is 0 Å². The molecule has 0 unspecified atom stereocenters. The monoisotopic (exact) mass is 136 g/mol. The summed E-state index contributed by atoms with van der Waals surface area (Å²) in [6.07, 6.45) is 2.67. The molecule has 0 saturated carbocycles. The number of carbonyl (C=O) groups excluding carboxylic acids is 1. The van der Waals surface area contributed by atoms with Crippen LogP contribution in [0.4, 0.5) is 0 Å². The summed E-state index contributed by atoms with van der Waals surface area (Å²) in [7, 11) is 0. The minimum atomic E-state index is 0. The molecule has 0 aromatic heterocycles. The molecule has 0 rings (SSSR count). The lowest BCUT2D eigenvalue weighted by Gasteiger charge is -1.85. The fourth-order valence-electron chi connectivity index (χ4n) is 0.328. The van der Waals surface area contributed by atoms with Crippen LogP contribution in [0.2, 0.25) is 0 Å². The first-order chi connectivity index (χ1) is 3.27. The van der Waals surface area contributed by atoms with E-state index in [9.17, 15) is 4.79 Å². The fourth-order valence-corrected chi connectivity index (χ4v) is 0.486. The van der Waals surface area contributed by atoms with E-state index in [1.807, 2.05) is 0 Å². The van der Waals surface area contributed by atoms with Crippen molar-refractivity contribution < 1.29 is 4.79 Å². The summed E-state index contributed by atoms with van der Waals surface area (Å²) in [6.45, 7) is 2.05. The van der Waals surface area contributed by atoms with Gasteiger partial charge < -0.3 is 6.15 Å². The number of thiol groups is 1. The molecular weight excluding hydrogens is 122 g/mol. The molecule has 0 heterocycles. The van der Waals surface area contributed by atoms with Gasteiger partial charge in [0.05, 0.1) is 0 Å². The third-order valence-electron chi connectivity index (χ3n) is 0.744. The molecule has 2 nitrogen and oxygen atoms in total. The van der Waals surface area contributed by atoms with E-state index in [4.69, 9.17) is 0 Å². The van der Waals surface area contributed by atoms with E-state index >= 15 is 0 Å². The lowest BCUT2D eigenvalue weighted by Crippen LogP contribution is -1.82. The molecule has 0 aliphatic rings. The number of hydrogen-bond acceptors (Lipinski definition) is 1. The highest BCUT2D eigenvalue weighted by atomic mass is 32.1. The molecule has 50 valence electrons. The van der Waals surface area contributed by atoms with Crippen molar-refractivity contribution in [3.05, 3.63) is 0 Å². The first-order valence-electron chi connectivity index (χ1n) is 2.49. The van der Waals surface area contributed by atoms with Crippen molar-refractivity contribution in [2.24, 2.45) is 0 Å². The SMILES string of the molecule is CCCCC(=O)S.[NH4+]. The van der Waals surface area contributed by atoms with Crippen LogP contribution in [0.25, 0.3) is 0 Å². The zero-order valence-electron chi connectivity index (χ0n) is 5.48. The van der Waals surface area contributed by atoms with E-state index in [2.05, 4.69) is 19.6 Å². The number of quaternary nitrogens is 1. The van der Waals surface area contributed by atoms with E-state index in [1.54, 1.807) is 0 Å². The fraction of sp³-hybridized carbons (Fsp3) is 0.800. The maximum absolute atomic E-state index is 10.1. The summed E-state index contributed by atoms with van der Waals surface area (Å²) >= 11 is 3.59. The summed E-state index contributed by atoms with van der Waals surface area (Å²) in [4.78, 5) is 10.1. The second kappa shape index (κ2) is 6.98. The lowest BCUT2D eigenvalue weighted by molar-refractivity contribution is -0.110. The van der Waals surface area contributed by atoms with Gasteiger partial charge in [-0.15, -0.1) is 12.6 Å². The summed E-state index contributed by atoms with van der Waals surface area (Å²) in [5, 5.41) is 0.00171. The average molecular weight is 136 g/mol. The molecule has 8 heavy (non-hydrogen) atoms. The second-order valence-corrected chi connectivity index (χ2v) is 2.00. The summed E-state index contributed by atoms with van der Waals surface area (Å²) in [5.41, 5.74) is 0. The third kappa shape index (κ3) is 9.36. The zero-order valence-corrected chi connectivity index (χ0v) is 6.37. The molecule has 0 bridgehead atoms. The molecular formula is C5H14NOS+. The topological polar surface area (TPSA) is 53.6 Å². The van der Waals surface area contributed by atoms with Crippen molar-refractivity contribution in [1.29, 1.82) is 0 Å². The summed E-state index contributed by atoms with van der Waals surface area (Å²) < 4.78 is 0. The smallest absolute Gasteiger partial charge is 0.185 e. The van der Waals surface area contributed by atoms with E-state index in [1.165, 1.54) is 0 Å². The first-order valence-corrected chi connectivity index (χ1v) is 2.94. The van der Waals surface area contributed by atoms with Crippen LogP contribution < -0.4 is 6.15 Å². The Morgan fingerprint density at radius 1 is 1.62 bits per heavy atom. The molecule has 0 spiro atoms. The van der Waals surface area contributed by atoms with Crippen LogP contribution in [0.15, 0.2) is 0 Å². The molecule has 0 aliphatic carbocycles. The molecule has 0 atom stereocenters.